The summed E-state index contributed by atoms with van der Waals surface area (Å²) in [6.07, 6.45) is 1.54. The first-order valence-corrected chi connectivity index (χ1v) is 4.50. The summed E-state index contributed by atoms with van der Waals surface area (Å²) in [5, 5.41) is 0. The number of esters is 1. The molecular formula is C9H19NO2. The van der Waals surface area contributed by atoms with E-state index < -0.39 is 6.04 Å². The van der Waals surface area contributed by atoms with Crippen molar-refractivity contribution in [2.24, 2.45) is 11.7 Å². The largest absolute Gasteiger partial charge is 0.465 e. The van der Waals surface area contributed by atoms with E-state index in [9.17, 15) is 4.79 Å². The first-order valence-electron chi connectivity index (χ1n) is 4.50. The van der Waals surface area contributed by atoms with Crippen molar-refractivity contribution in [3.05, 3.63) is 0 Å². The molecule has 0 unspecified atom stereocenters. The van der Waals surface area contributed by atoms with Crippen LogP contribution in [0.15, 0.2) is 0 Å². The minimum Gasteiger partial charge on any atom is -0.465 e. The Balaban J connectivity index is 3.61. The Bertz CT molecular complexity index is 134. The molecule has 0 aromatic carbocycles. The van der Waals surface area contributed by atoms with E-state index in [1.54, 1.807) is 0 Å². The molecule has 0 heterocycles. The third-order valence-corrected chi connectivity index (χ3v) is 1.48. The number of hydrogen-bond acceptors (Lipinski definition) is 3. The van der Waals surface area contributed by atoms with Gasteiger partial charge in [0.1, 0.15) is 6.04 Å². The van der Waals surface area contributed by atoms with Gasteiger partial charge in [0.2, 0.25) is 0 Å². The highest BCUT2D eigenvalue weighted by Crippen LogP contribution is 2.03. The van der Waals surface area contributed by atoms with Gasteiger partial charge in [0.15, 0.2) is 0 Å². The monoisotopic (exact) mass is 173 g/mol. The topological polar surface area (TPSA) is 52.3 Å². The standard InChI is InChI=1S/C9H19NO2/c1-4-5-12-9(11)8(10)6-7(2)3/h7-8H,4-6,10H2,1-3H3/t8-/m0/s1. The second kappa shape index (κ2) is 6.00. The summed E-state index contributed by atoms with van der Waals surface area (Å²) in [6, 6.07) is -0.448. The summed E-state index contributed by atoms with van der Waals surface area (Å²) in [7, 11) is 0. The maximum Gasteiger partial charge on any atom is 0.322 e. The van der Waals surface area contributed by atoms with Crippen LogP contribution in [0.25, 0.3) is 0 Å². The molecule has 3 heteroatoms. The minimum atomic E-state index is -0.448. The molecule has 0 aromatic heterocycles. The summed E-state index contributed by atoms with van der Waals surface area (Å²) < 4.78 is 4.89. The quantitative estimate of drug-likeness (QED) is 0.638. The van der Waals surface area contributed by atoms with E-state index in [4.69, 9.17) is 10.5 Å². The molecule has 0 spiro atoms. The Labute approximate surface area is 74.3 Å². The van der Waals surface area contributed by atoms with Crippen molar-refractivity contribution in [1.82, 2.24) is 0 Å². The third kappa shape index (κ3) is 5.13. The van der Waals surface area contributed by atoms with Gasteiger partial charge in [-0.3, -0.25) is 4.79 Å². The molecule has 0 aliphatic heterocycles. The maximum absolute atomic E-state index is 11.1. The van der Waals surface area contributed by atoms with Crippen molar-refractivity contribution in [1.29, 1.82) is 0 Å². The van der Waals surface area contributed by atoms with Crippen LogP contribution >= 0.6 is 0 Å². The van der Waals surface area contributed by atoms with Gasteiger partial charge in [-0.1, -0.05) is 20.8 Å². The number of nitrogens with two attached hydrogens (primary N) is 1. The maximum atomic E-state index is 11.1. The van der Waals surface area contributed by atoms with Gasteiger partial charge in [0, 0.05) is 0 Å². The molecule has 0 bridgehead atoms. The third-order valence-electron chi connectivity index (χ3n) is 1.48. The molecule has 2 N–H and O–H groups in total. The molecule has 72 valence electrons. The van der Waals surface area contributed by atoms with Crippen LogP contribution in [0.1, 0.15) is 33.6 Å². The molecule has 0 fully saturated rings. The van der Waals surface area contributed by atoms with Gasteiger partial charge in [-0.2, -0.15) is 0 Å². The zero-order valence-corrected chi connectivity index (χ0v) is 8.17. The summed E-state index contributed by atoms with van der Waals surface area (Å²) in [4.78, 5) is 11.1. The molecule has 0 aliphatic carbocycles. The van der Waals surface area contributed by atoms with Gasteiger partial charge < -0.3 is 10.5 Å². The minimum absolute atomic E-state index is 0.273. The number of carbonyl (C=O) groups is 1. The molecule has 12 heavy (non-hydrogen) atoms. The van der Waals surface area contributed by atoms with E-state index in [-0.39, 0.29) is 5.97 Å². The van der Waals surface area contributed by atoms with Gasteiger partial charge in [-0.25, -0.2) is 0 Å². The fourth-order valence-corrected chi connectivity index (χ4v) is 0.914. The highest BCUT2D eigenvalue weighted by Gasteiger charge is 2.15. The number of rotatable bonds is 5. The fraction of sp³-hybridized carbons (Fsp3) is 0.889. The van der Waals surface area contributed by atoms with Crippen molar-refractivity contribution in [2.45, 2.75) is 39.7 Å². The van der Waals surface area contributed by atoms with Crippen LogP contribution < -0.4 is 5.73 Å². The summed E-state index contributed by atoms with van der Waals surface area (Å²) in [5.74, 6) is 0.166. The van der Waals surface area contributed by atoms with Gasteiger partial charge >= 0.3 is 5.97 Å². The van der Waals surface area contributed by atoms with E-state index >= 15 is 0 Å². The van der Waals surface area contributed by atoms with Crippen molar-refractivity contribution in [2.75, 3.05) is 6.61 Å². The Kier molecular flexibility index (Phi) is 5.72. The number of ether oxygens (including phenoxy) is 1. The van der Waals surface area contributed by atoms with Crippen LogP contribution in [-0.2, 0) is 9.53 Å². The first kappa shape index (κ1) is 11.4. The second-order valence-electron chi connectivity index (χ2n) is 3.40. The van der Waals surface area contributed by atoms with Gasteiger partial charge in [0.05, 0.1) is 6.61 Å². The van der Waals surface area contributed by atoms with E-state index in [1.165, 1.54) is 0 Å². The lowest BCUT2D eigenvalue weighted by Gasteiger charge is -2.12. The predicted molar refractivity (Wildman–Crippen MR) is 48.7 cm³/mol. The predicted octanol–water partition coefficient (Wildman–Crippen LogP) is 1.31. The van der Waals surface area contributed by atoms with Crippen LogP contribution in [0.2, 0.25) is 0 Å². The molecule has 0 radical (unpaired) electrons. The van der Waals surface area contributed by atoms with Crippen molar-refractivity contribution in [3.63, 3.8) is 0 Å². The van der Waals surface area contributed by atoms with E-state index in [0.717, 1.165) is 6.42 Å². The second-order valence-corrected chi connectivity index (χ2v) is 3.40. The molecule has 0 saturated heterocycles. The Morgan fingerprint density at radius 2 is 2.08 bits per heavy atom. The van der Waals surface area contributed by atoms with Crippen LogP contribution in [0.5, 0.6) is 0 Å². The first-order chi connectivity index (χ1) is 5.57. The molecule has 0 saturated carbocycles. The lowest BCUT2D eigenvalue weighted by Crippen LogP contribution is -2.33. The highest BCUT2D eigenvalue weighted by molar-refractivity contribution is 5.75. The summed E-state index contributed by atoms with van der Waals surface area (Å²) in [5.41, 5.74) is 5.58. The molecular weight excluding hydrogens is 154 g/mol. The van der Waals surface area contributed by atoms with Gasteiger partial charge in [-0.15, -0.1) is 0 Å². The SMILES string of the molecule is CCCOC(=O)[C@@H](N)CC(C)C. The Hall–Kier alpha value is -0.570. The van der Waals surface area contributed by atoms with Crippen LogP contribution in [0.3, 0.4) is 0 Å². The molecule has 0 rings (SSSR count). The average Bonchev–Trinajstić information content (AvgIpc) is 1.98. The lowest BCUT2D eigenvalue weighted by molar-refractivity contribution is -0.145. The van der Waals surface area contributed by atoms with E-state index in [2.05, 4.69) is 0 Å². The fourth-order valence-electron chi connectivity index (χ4n) is 0.914. The van der Waals surface area contributed by atoms with Crippen molar-refractivity contribution >= 4 is 5.97 Å². The summed E-state index contributed by atoms with van der Waals surface area (Å²) >= 11 is 0. The smallest absolute Gasteiger partial charge is 0.322 e. The molecule has 0 aromatic rings. The van der Waals surface area contributed by atoms with Gasteiger partial charge in [0.25, 0.3) is 0 Å². The van der Waals surface area contributed by atoms with E-state index in [0.29, 0.717) is 18.9 Å². The van der Waals surface area contributed by atoms with E-state index in [1.807, 2.05) is 20.8 Å². The van der Waals surface area contributed by atoms with Gasteiger partial charge in [-0.05, 0) is 18.8 Å². The normalized spacial score (nSPS) is 13.1. The zero-order chi connectivity index (χ0) is 9.56. The molecule has 1 atom stereocenters. The highest BCUT2D eigenvalue weighted by atomic mass is 16.5. The van der Waals surface area contributed by atoms with Crippen LogP contribution in [0.4, 0.5) is 0 Å². The van der Waals surface area contributed by atoms with Crippen molar-refractivity contribution < 1.29 is 9.53 Å². The van der Waals surface area contributed by atoms with Crippen LogP contribution in [-0.4, -0.2) is 18.6 Å². The van der Waals surface area contributed by atoms with Crippen LogP contribution in [0, 0.1) is 5.92 Å². The molecule has 3 nitrogen and oxygen atoms in total. The Morgan fingerprint density at radius 3 is 2.50 bits per heavy atom. The Morgan fingerprint density at radius 1 is 1.50 bits per heavy atom. The molecule has 0 aliphatic rings. The summed E-state index contributed by atoms with van der Waals surface area (Å²) in [6.45, 7) is 6.51. The zero-order valence-electron chi connectivity index (χ0n) is 8.17. The van der Waals surface area contributed by atoms with Crippen molar-refractivity contribution in [3.8, 4) is 0 Å². The average molecular weight is 173 g/mol. The molecule has 0 amide bonds. The lowest BCUT2D eigenvalue weighted by atomic mass is 10.1. The number of hydrogen-bond donors (Lipinski definition) is 1. The number of carbonyl (C=O) groups excluding carboxylic acids is 1.